The minimum Gasteiger partial charge on any atom is -0.419 e. The Bertz CT molecular complexity index is 1280. The Morgan fingerprint density at radius 2 is 0.971 bits per heavy atom. The summed E-state index contributed by atoms with van der Waals surface area (Å²) in [6.45, 7) is 19.7. The van der Waals surface area contributed by atoms with E-state index in [9.17, 15) is 9.59 Å². The maximum absolute atomic E-state index is 13.3. The lowest BCUT2D eigenvalue weighted by atomic mass is 9.86. The lowest BCUT2D eigenvalue weighted by Gasteiger charge is -2.23. The van der Waals surface area contributed by atoms with E-state index in [-0.39, 0.29) is 16.9 Å². The van der Waals surface area contributed by atoms with Crippen LogP contribution in [0.15, 0.2) is 36.4 Å². The van der Waals surface area contributed by atoms with E-state index in [4.69, 9.17) is 9.47 Å². The van der Waals surface area contributed by atoms with Crippen LogP contribution in [0.3, 0.4) is 0 Å². The van der Waals surface area contributed by atoms with Gasteiger partial charge in [-0.1, -0.05) is 62.2 Å². The van der Waals surface area contributed by atoms with Gasteiger partial charge in [-0.05, 0) is 93.3 Å². The molecular formula is C31H36O4. The predicted octanol–water partition coefficient (Wildman–Crippen LogP) is 7.58. The van der Waals surface area contributed by atoms with Crippen molar-refractivity contribution in [3.63, 3.8) is 0 Å². The quantitative estimate of drug-likeness (QED) is 0.290. The fourth-order valence-electron chi connectivity index (χ4n) is 4.68. The molecule has 0 atom stereocenters. The monoisotopic (exact) mass is 472 g/mol. The van der Waals surface area contributed by atoms with Crippen LogP contribution in [0.2, 0.25) is 0 Å². The van der Waals surface area contributed by atoms with Crippen molar-refractivity contribution in [1.82, 2.24) is 0 Å². The molecule has 3 rings (SSSR count). The van der Waals surface area contributed by atoms with Gasteiger partial charge in [-0.15, -0.1) is 0 Å². The molecule has 0 bridgehead atoms. The smallest absolute Gasteiger partial charge is 0.344 e. The summed E-state index contributed by atoms with van der Waals surface area (Å²) in [6, 6.07) is 11.6. The SMILES string of the molecule is Cc1cc(C)c(C(=O)Oc2cc(C(C)(C)C)cc(C)c2OC(=O)c2c(C)cc(C)cc2C)c(C)c1. The maximum Gasteiger partial charge on any atom is 0.344 e. The first-order valence-electron chi connectivity index (χ1n) is 11.9. The summed E-state index contributed by atoms with van der Waals surface area (Å²) in [4.78, 5) is 26.6. The third kappa shape index (κ3) is 5.64. The van der Waals surface area contributed by atoms with E-state index < -0.39 is 11.9 Å². The summed E-state index contributed by atoms with van der Waals surface area (Å²) < 4.78 is 11.9. The van der Waals surface area contributed by atoms with Crippen LogP contribution in [0.25, 0.3) is 0 Å². The Hall–Kier alpha value is -3.40. The second-order valence-electron chi connectivity index (χ2n) is 10.7. The minimum atomic E-state index is -0.467. The first-order valence-corrected chi connectivity index (χ1v) is 11.9. The van der Waals surface area contributed by atoms with Crippen LogP contribution in [0.1, 0.15) is 86.0 Å². The number of ether oxygens (including phenoxy) is 2. The lowest BCUT2D eigenvalue weighted by Crippen LogP contribution is -2.18. The van der Waals surface area contributed by atoms with E-state index in [0.717, 1.165) is 44.5 Å². The van der Waals surface area contributed by atoms with Gasteiger partial charge in [0.1, 0.15) is 0 Å². The van der Waals surface area contributed by atoms with Crippen LogP contribution in [-0.2, 0) is 5.41 Å². The molecule has 0 amide bonds. The van der Waals surface area contributed by atoms with Gasteiger partial charge in [0.15, 0.2) is 11.5 Å². The number of aryl methyl sites for hydroxylation is 7. The van der Waals surface area contributed by atoms with E-state index >= 15 is 0 Å². The van der Waals surface area contributed by atoms with E-state index in [2.05, 4.69) is 20.8 Å². The average Bonchev–Trinajstić information content (AvgIpc) is 2.67. The molecule has 0 aliphatic carbocycles. The summed E-state index contributed by atoms with van der Waals surface area (Å²) in [6.07, 6.45) is 0. The molecule has 184 valence electrons. The molecule has 0 saturated carbocycles. The van der Waals surface area contributed by atoms with Gasteiger partial charge < -0.3 is 9.47 Å². The van der Waals surface area contributed by atoms with Crippen molar-refractivity contribution in [3.8, 4) is 11.5 Å². The molecule has 0 aliphatic rings. The van der Waals surface area contributed by atoms with Crippen LogP contribution in [0.5, 0.6) is 11.5 Å². The van der Waals surface area contributed by atoms with Crippen molar-refractivity contribution in [3.05, 3.63) is 92.0 Å². The first-order chi connectivity index (χ1) is 16.2. The second-order valence-corrected chi connectivity index (χ2v) is 10.7. The summed E-state index contributed by atoms with van der Waals surface area (Å²) >= 11 is 0. The van der Waals surface area contributed by atoms with Crippen LogP contribution < -0.4 is 9.47 Å². The summed E-state index contributed by atoms with van der Waals surface area (Å²) in [5.41, 5.74) is 8.14. The summed E-state index contributed by atoms with van der Waals surface area (Å²) in [5.74, 6) is -0.426. The lowest BCUT2D eigenvalue weighted by molar-refractivity contribution is 0.0679. The predicted molar refractivity (Wildman–Crippen MR) is 141 cm³/mol. The number of benzene rings is 3. The molecule has 35 heavy (non-hydrogen) atoms. The van der Waals surface area contributed by atoms with Crippen molar-refractivity contribution in [2.45, 2.75) is 74.7 Å². The number of hydrogen-bond donors (Lipinski definition) is 0. The number of hydrogen-bond acceptors (Lipinski definition) is 4. The Morgan fingerprint density at radius 3 is 1.37 bits per heavy atom. The fraction of sp³-hybridized carbons (Fsp3) is 0.355. The molecule has 3 aromatic rings. The molecule has 4 nitrogen and oxygen atoms in total. The van der Waals surface area contributed by atoms with Gasteiger partial charge in [0.05, 0.1) is 11.1 Å². The summed E-state index contributed by atoms with van der Waals surface area (Å²) in [7, 11) is 0. The highest BCUT2D eigenvalue weighted by Gasteiger charge is 2.25. The Labute approximate surface area is 209 Å². The zero-order valence-electron chi connectivity index (χ0n) is 22.6. The highest BCUT2D eigenvalue weighted by Crippen LogP contribution is 2.38. The van der Waals surface area contributed by atoms with E-state index in [0.29, 0.717) is 11.1 Å². The van der Waals surface area contributed by atoms with Crippen LogP contribution >= 0.6 is 0 Å². The molecule has 0 saturated heterocycles. The summed E-state index contributed by atoms with van der Waals surface area (Å²) in [5, 5.41) is 0. The topological polar surface area (TPSA) is 52.6 Å². The first kappa shape index (κ1) is 26.2. The standard InChI is InChI=1S/C31H36O4/c1-17-11-19(3)26(20(4)12-17)29(32)34-25-16-24(31(8,9)10)15-23(7)28(25)35-30(33)27-21(5)13-18(2)14-22(27)6/h11-16H,1-10H3. The molecule has 3 aromatic carbocycles. The van der Waals surface area contributed by atoms with Crippen molar-refractivity contribution in [2.75, 3.05) is 0 Å². The van der Waals surface area contributed by atoms with E-state index in [1.165, 1.54) is 0 Å². The Balaban J connectivity index is 2.09. The normalized spacial score (nSPS) is 11.4. The molecule has 0 radical (unpaired) electrons. The van der Waals surface area contributed by atoms with Gasteiger partial charge in [0.2, 0.25) is 0 Å². The molecular weight excluding hydrogens is 436 g/mol. The fourth-order valence-corrected chi connectivity index (χ4v) is 4.68. The second kappa shape index (κ2) is 9.69. The molecule has 0 unspecified atom stereocenters. The molecule has 4 heteroatoms. The van der Waals surface area contributed by atoms with Crippen LogP contribution in [0.4, 0.5) is 0 Å². The van der Waals surface area contributed by atoms with Gasteiger partial charge in [-0.2, -0.15) is 0 Å². The van der Waals surface area contributed by atoms with Crippen LogP contribution in [-0.4, -0.2) is 11.9 Å². The van der Waals surface area contributed by atoms with Crippen LogP contribution in [0, 0.1) is 48.5 Å². The number of rotatable bonds is 4. The van der Waals surface area contributed by atoms with Gasteiger partial charge in [0.25, 0.3) is 0 Å². The highest BCUT2D eigenvalue weighted by molar-refractivity contribution is 5.96. The van der Waals surface area contributed by atoms with Crippen molar-refractivity contribution in [2.24, 2.45) is 0 Å². The van der Waals surface area contributed by atoms with Crippen molar-refractivity contribution < 1.29 is 19.1 Å². The third-order valence-electron chi connectivity index (χ3n) is 6.27. The molecule has 0 aliphatic heterocycles. The van der Waals surface area contributed by atoms with E-state index in [1.54, 1.807) is 6.07 Å². The molecule has 0 spiro atoms. The van der Waals surface area contributed by atoms with Crippen molar-refractivity contribution in [1.29, 1.82) is 0 Å². The van der Waals surface area contributed by atoms with E-state index in [1.807, 2.05) is 78.8 Å². The van der Waals surface area contributed by atoms with Gasteiger partial charge in [-0.3, -0.25) is 0 Å². The molecule has 0 fully saturated rings. The molecule has 0 aromatic heterocycles. The number of carbonyl (C=O) groups is 2. The third-order valence-corrected chi connectivity index (χ3v) is 6.27. The number of esters is 2. The van der Waals surface area contributed by atoms with Gasteiger partial charge in [-0.25, -0.2) is 9.59 Å². The largest absolute Gasteiger partial charge is 0.419 e. The average molecular weight is 473 g/mol. The van der Waals surface area contributed by atoms with Gasteiger partial charge >= 0.3 is 11.9 Å². The highest BCUT2D eigenvalue weighted by atomic mass is 16.6. The Kier molecular flexibility index (Phi) is 7.26. The Morgan fingerprint density at radius 1 is 0.571 bits per heavy atom. The van der Waals surface area contributed by atoms with Crippen molar-refractivity contribution >= 4 is 11.9 Å². The maximum atomic E-state index is 13.3. The zero-order chi connectivity index (χ0) is 26.2. The molecule has 0 heterocycles. The molecule has 0 N–H and O–H groups in total. The minimum absolute atomic E-state index is 0.186. The zero-order valence-corrected chi connectivity index (χ0v) is 22.6. The van der Waals surface area contributed by atoms with Gasteiger partial charge in [0, 0.05) is 0 Å². The number of carbonyl (C=O) groups excluding carboxylic acids is 2.